The van der Waals surface area contributed by atoms with E-state index in [-0.39, 0.29) is 5.78 Å². The summed E-state index contributed by atoms with van der Waals surface area (Å²) in [6.45, 7) is 6.53. The van der Waals surface area contributed by atoms with Crippen LogP contribution < -0.4 is 14.9 Å². The molecule has 86 valence electrons. The molecule has 0 unspecified atom stereocenters. The van der Waals surface area contributed by atoms with Crippen LogP contribution in [0, 0.1) is 0 Å². The summed E-state index contributed by atoms with van der Waals surface area (Å²) < 4.78 is 11.0. The fourth-order valence-electron chi connectivity index (χ4n) is 1.48. The molecular weight excluding hydrogens is 203 g/mol. The molecule has 0 aromatic heterocycles. The molecule has 0 heterocycles. The van der Waals surface area contributed by atoms with Crippen LogP contribution in [-0.4, -0.2) is 26.8 Å². The van der Waals surface area contributed by atoms with Gasteiger partial charge >= 0.3 is 0 Å². The maximum atomic E-state index is 11.4. The van der Waals surface area contributed by atoms with Gasteiger partial charge in [0.05, 0.1) is 13.2 Å². The Labute approximate surface area is 97.2 Å². The zero-order chi connectivity index (χ0) is 12.1. The van der Waals surface area contributed by atoms with E-state index in [1.807, 2.05) is 21.7 Å². The van der Waals surface area contributed by atoms with Crippen molar-refractivity contribution >= 4 is 19.1 Å². The van der Waals surface area contributed by atoms with Crippen LogP contribution in [0.2, 0.25) is 0 Å². The average molecular weight is 220 g/mol. The summed E-state index contributed by atoms with van der Waals surface area (Å²) in [5.41, 5.74) is 1.56. The Morgan fingerprint density at radius 1 is 1.19 bits per heavy atom. The van der Waals surface area contributed by atoms with E-state index in [9.17, 15) is 4.79 Å². The van der Waals surface area contributed by atoms with E-state index in [0.717, 1.165) is 17.0 Å². The quantitative estimate of drug-likeness (QED) is 0.547. The largest absolute Gasteiger partial charge is 0.494 e. The fraction of sp³-hybridized carbons (Fsp3) is 0.417. The van der Waals surface area contributed by atoms with Crippen molar-refractivity contribution in [3.63, 3.8) is 0 Å². The lowest BCUT2D eigenvalue weighted by Crippen LogP contribution is -2.15. The van der Waals surface area contributed by atoms with Crippen LogP contribution in [0.1, 0.15) is 31.1 Å². The molecule has 0 aliphatic rings. The molecular formula is C12H17BO3. The van der Waals surface area contributed by atoms with E-state index in [4.69, 9.17) is 9.47 Å². The van der Waals surface area contributed by atoms with Crippen LogP contribution in [0.4, 0.5) is 0 Å². The number of Topliss-reactive ketones (excluding diaryl/α,β-unsaturated/α-hetero) is 1. The lowest BCUT2D eigenvalue weighted by atomic mass is 9.91. The van der Waals surface area contributed by atoms with Crippen molar-refractivity contribution < 1.29 is 14.3 Å². The van der Waals surface area contributed by atoms with Crippen LogP contribution in [0.25, 0.3) is 0 Å². The molecule has 0 saturated carbocycles. The molecule has 0 spiro atoms. The first-order chi connectivity index (χ1) is 7.60. The van der Waals surface area contributed by atoms with Crippen molar-refractivity contribution in [1.29, 1.82) is 0 Å². The molecule has 16 heavy (non-hydrogen) atoms. The number of carbonyl (C=O) groups is 1. The first-order valence-corrected chi connectivity index (χ1v) is 5.51. The second kappa shape index (κ2) is 5.59. The van der Waals surface area contributed by atoms with E-state index in [2.05, 4.69) is 0 Å². The number of rotatable bonds is 5. The summed E-state index contributed by atoms with van der Waals surface area (Å²) >= 11 is 0. The average Bonchev–Trinajstić information content (AvgIpc) is 2.24. The van der Waals surface area contributed by atoms with Crippen LogP contribution in [0.3, 0.4) is 0 Å². The van der Waals surface area contributed by atoms with Gasteiger partial charge in [0.15, 0.2) is 5.78 Å². The van der Waals surface area contributed by atoms with Gasteiger partial charge in [-0.05, 0) is 38.4 Å². The summed E-state index contributed by atoms with van der Waals surface area (Å²) in [6.07, 6.45) is 0. The third-order valence-electron chi connectivity index (χ3n) is 2.32. The van der Waals surface area contributed by atoms with Gasteiger partial charge in [-0.15, -0.1) is 0 Å². The molecule has 0 N–H and O–H groups in total. The van der Waals surface area contributed by atoms with Crippen molar-refractivity contribution in [2.24, 2.45) is 0 Å². The third kappa shape index (κ3) is 2.78. The van der Waals surface area contributed by atoms with E-state index in [1.54, 1.807) is 12.1 Å². The number of hydrogen-bond acceptors (Lipinski definition) is 3. The highest BCUT2D eigenvalue weighted by Crippen LogP contribution is 2.20. The maximum Gasteiger partial charge on any atom is 0.160 e. The molecule has 0 saturated heterocycles. The van der Waals surface area contributed by atoms with Crippen molar-refractivity contribution in [1.82, 2.24) is 0 Å². The Morgan fingerprint density at radius 2 is 1.62 bits per heavy atom. The lowest BCUT2D eigenvalue weighted by Gasteiger charge is -2.14. The summed E-state index contributed by atoms with van der Waals surface area (Å²) in [5.74, 6) is 1.46. The standard InChI is InChI=1S/C12H17BO3/c1-4-15-10-6-9(8(3)14)7-11(12(10)13)16-5-2/h6-7H,4-5,13H2,1-3H3. The number of ether oxygens (including phenoxy) is 2. The van der Waals surface area contributed by atoms with Crippen molar-refractivity contribution in [2.45, 2.75) is 20.8 Å². The van der Waals surface area contributed by atoms with E-state index in [0.29, 0.717) is 18.8 Å². The first-order valence-electron chi connectivity index (χ1n) is 5.51. The molecule has 0 radical (unpaired) electrons. The SMILES string of the molecule is Bc1c(OCC)cc(C(C)=O)cc1OCC. The van der Waals surface area contributed by atoms with Gasteiger partial charge in [0, 0.05) is 5.56 Å². The van der Waals surface area contributed by atoms with Gasteiger partial charge in [-0.25, -0.2) is 0 Å². The van der Waals surface area contributed by atoms with Crippen LogP contribution in [0.5, 0.6) is 11.5 Å². The normalized spacial score (nSPS) is 9.94. The van der Waals surface area contributed by atoms with Gasteiger partial charge in [0.2, 0.25) is 0 Å². The molecule has 0 amide bonds. The molecule has 3 nitrogen and oxygen atoms in total. The van der Waals surface area contributed by atoms with Gasteiger partial charge in [-0.3, -0.25) is 4.79 Å². The maximum absolute atomic E-state index is 11.4. The highest BCUT2D eigenvalue weighted by Gasteiger charge is 2.11. The highest BCUT2D eigenvalue weighted by molar-refractivity contribution is 6.36. The highest BCUT2D eigenvalue weighted by atomic mass is 16.5. The monoisotopic (exact) mass is 220 g/mol. The molecule has 0 aliphatic carbocycles. The number of hydrogen-bond donors (Lipinski definition) is 0. The molecule has 0 aliphatic heterocycles. The summed E-state index contributed by atoms with van der Waals surface area (Å²) in [7, 11) is 1.93. The summed E-state index contributed by atoms with van der Waals surface area (Å²) in [5, 5.41) is 0. The van der Waals surface area contributed by atoms with Crippen LogP contribution in [-0.2, 0) is 0 Å². The van der Waals surface area contributed by atoms with Crippen molar-refractivity contribution in [2.75, 3.05) is 13.2 Å². The molecule has 1 aromatic rings. The second-order valence-corrected chi connectivity index (χ2v) is 3.52. The Hall–Kier alpha value is -1.45. The fourth-order valence-corrected chi connectivity index (χ4v) is 1.48. The molecule has 1 aromatic carbocycles. The van der Waals surface area contributed by atoms with Gasteiger partial charge in [0.25, 0.3) is 0 Å². The van der Waals surface area contributed by atoms with Gasteiger partial charge < -0.3 is 9.47 Å². The van der Waals surface area contributed by atoms with E-state index < -0.39 is 0 Å². The Kier molecular flexibility index (Phi) is 4.41. The predicted octanol–water partition coefficient (Wildman–Crippen LogP) is 0.945. The van der Waals surface area contributed by atoms with Gasteiger partial charge in [-0.1, -0.05) is 0 Å². The Balaban J connectivity index is 3.21. The van der Waals surface area contributed by atoms with E-state index in [1.165, 1.54) is 6.92 Å². The topological polar surface area (TPSA) is 35.5 Å². The van der Waals surface area contributed by atoms with Gasteiger partial charge in [-0.2, -0.15) is 0 Å². The summed E-state index contributed by atoms with van der Waals surface area (Å²) in [6, 6.07) is 3.54. The molecule has 1 rings (SSSR count). The number of benzene rings is 1. The molecule has 0 fully saturated rings. The molecule has 0 bridgehead atoms. The summed E-state index contributed by atoms with van der Waals surface area (Å²) in [4.78, 5) is 11.4. The predicted molar refractivity (Wildman–Crippen MR) is 67.0 cm³/mol. The molecule has 0 atom stereocenters. The van der Waals surface area contributed by atoms with E-state index >= 15 is 0 Å². The lowest BCUT2D eigenvalue weighted by molar-refractivity contribution is 0.101. The minimum absolute atomic E-state index is 0.0157. The zero-order valence-electron chi connectivity index (χ0n) is 10.3. The van der Waals surface area contributed by atoms with Crippen molar-refractivity contribution in [3.8, 4) is 11.5 Å². The van der Waals surface area contributed by atoms with Crippen molar-refractivity contribution in [3.05, 3.63) is 17.7 Å². The third-order valence-corrected chi connectivity index (χ3v) is 2.32. The molecule has 4 heteroatoms. The minimum atomic E-state index is 0.0157. The first kappa shape index (κ1) is 12.6. The van der Waals surface area contributed by atoms with Crippen LogP contribution in [0.15, 0.2) is 12.1 Å². The Bertz CT molecular complexity index is 361. The number of ketones is 1. The smallest absolute Gasteiger partial charge is 0.160 e. The van der Waals surface area contributed by atoms with Gasteiger partial charge in [0.1, 0.15) is 19.3 Å². The minimum Gasteiger partial charge on any atom is -0.494 e. The zero-order valence-corrected chi connectivity index (χ0v) is 10.3. The van der Waals surface area contributed by atoms with Crippen LogP contribution >= 0.6 is 0 Å². The Morgan fingerprint density at radius 3 is 1.94 bits per heavy atom. The number of carbonyl (C=O) groups excluding carboxylic acids is 1. The second-order valence-electron chi connectivity index (χ2n) is 3.52.